The third kappa shape index (κ3) is 5.13. The lowest BCUT2D eigenvalue weighted by Gasteiger charge is -2.36. The molecule has 1 heterocycles. The van der Waals surface area contributed by atoms with E-state index in [9.17, 15) is 14.3 Å². The number of hydrogen-bond acceptors (Lipinski definition) is 3. The summed E-state index contributed by atoms with van der Waals surface area (Å²) < 4.78 is 13.3. The molecule has 1 fully saturated rings. The molecular weight excluding hydrogens is 343 g/mol. The number of halogens is 1. The molecule has 5 heteroatoms. The minimum atomic E-state index is -0.445. The molecular formula is C22H27FN2O2. The number of amides is 1. The van der Waals surface area contributed by atoms with Gasteiger partial charge in [-0.2, -0.15) is 0 Å². The van der Waals surface area contributed by atoms with Gasteiger partial charge in [0.2, 0.25) is 5.91 Å². The van der Waals surface area contributed by atoms with Crippen LogP contribution in [-0.2, 0) is 11.2 Å². The Bertz CT molecular complexity index is 728. The van der Waals surface area contributed by atoms with E-state index in [1.165, 1.54) is 18.6 Å². The summed E-state index contributed by atoms with van der Waals surface area (Å²) in [6.07, 6.45) is 7.39. The fourth-order valence-electron chi connectivity index (χ4n) is 3.88. The standard InChI is InChI=1S/C22H27FN2O2/c23-18-9-7-17(8-10-18)20(14-19-6-2-5-13-24-19)21(27)25-15-22(16-26)11-3-1-4-12-22/h2,5-10,13,20,26H,1,3-4,11-12,14-16H2,(H,25,27). The second kappa shape index (κ2) is 9.09. The number of hydrogen-bond donors (Lipinski definition) is 2. The Morgan fingerprint density at radius 3 is 2.52 bits per heavy atom. The van der Waals surface area contributed by atoms with Gasteiger partial charge in [-0.25, -0.2) is 4.39 Å². The van der Waals surface area contributed by atoms with Crippen LogP contribution < -0.4 is 5.32 Å². The highest BCUT2D eigenvalue weighted by Gasteiger charge is 2.33. The maximum atomic E-state index is 13.3. The summed E-state index contributed by atoms with van der Waals surface area (Å²) in [6, 6.07) is 11.7. The molecule has 27 heavy (non-hydrogen) atoms. The van der Waals surface area contributed by atoms with Crippen molar-refractivity contribution >= 4 is 5.91 Å². The van der Waals surface area contributed by atoms with Crippen LogP contribution in [0.1, 0.15) is 49.3 Å². The van der Waals surface area contributed by atoms with Gasteiger partial charge in [-0.15, -0.1) is 0 Å². The van der Waals surface area contributed by atoms with Crippen molar-refractivity contribution in [2.75, 3.05) is 13.2 Å². The fraction of sp³-hybridized carbons (Fsp3) is 0.455. The third-order valence-corrected chi connectivity index (χ3v) is 5.62. The summed E-state index contributed by atoms with van der Waals surface area (Å²) in [5.74, 6) is -0.873. The summed E-state index contributed by atoms with van der Waals surface area (Å²) in [4.78, 5) is 17.3. The quantitative estimate of drug-likeness (QED) is 0.783. The molecule has 3 rings (SSSR count). The average molecular weight is 370 g/mol. The Labute approximate surface area is 159 Å². The first-order valence-electron chi connectivity index (χ1n) is 9.66. The minimum absolute atomic E-state index is 0.0920. The van der Waals surface area contributed by atoms with Crippen LogP contribution in [-0.4, -0.2) is 29.1 Å². The molecule has 1 aromatic heterocycles. The summed E-state index contributed by atoms with van der Waals surface area (Å²) in [5.41, 5.74) is 1.37. The maximum absolute atomic E-state index is 13.3. The number of benzene rings is 1. The number of rotatable bonds is 7. The molecule has 0 aliphatic heterocycles. The van der Waals surface area contributed by atoms with Crippen molar-refractivity contribution in [3.05, 3.63) is 65.7 Å². The predicted molar refractivity (Wildman–Crippen MR) is 103 cm³/mol. The summed E-state index contributed by atoms with van der Waals surface area (Å²) in [5, 5.41) is 12.9. The number of nitrogens with one attached hydrogen (secondary N) is 1. The van der Waals surface area contributed by atoms with Crippen LogP contribution in [0.3, 0.4) is 0 Å². The number of carbonyl (C=O) groups excluding carboxylic acids is 1. The Morgan fingerprint density at radius 1 is 1.15 bits per heavy atom. The van der Waals surface area contributed by atoms with E-state index in [0.717, 1.165) is 36.9 Å². The van der Waals surface area contributed by atoms with Crippen LogP contribution in [0.15, 0.2) is 48.7 Å². The van der Waals surface area contributed by atoms with Crippen LogP contribution in [0.2, 0.25) is 0 Å². The van der Waals surface area contributed by atoms with Crippen LogP contribution in [0, 0.1) is 11.2 Å². The first kappa shape index (κ1) is 19.5. The zero-order valence-electron chi connectivity index (χ0n) is 15.5. The monoisotopic (exact) mass is 370 g/mol. The lowest BCUT2D eigenvalue weighted by atomic mass is 9.74. The highest BCUT2D eigenvalue weighted by molar-refractivity contribution is 5.84. The van der Waals surface area contributed by atoms with Gasteiger partial charge >= 0.3 is 0 Å². The van der Waals surface area contributed by atoms with Crippen molar-refractivity contribution in [3.8, 4) is 0 Å². The maximum Gasteiger partial charge on any atom is 0.227 e. The molecule has 0 radical (unpaired) electrons. The van der Waals surface area contributed by atoms with Crippen LogP contribution in [0.4, 0.5) is 4.39 Å². The average Bonchev–Trinajstić information content (AvgIpc) is 2.72. The van der Waals surface area contributed by atoms with Crippen molar-refractivity contribution in [2.24, 2.45) is 5.41 Å². The van der Waals surface area contributed by atoms with E-state index in [1.807, 2.05) is 18.2 Å². The van der Waals surface area contributed by atoms with E-state index in [4.69, 9.17) is 0 Å². The number of carbonyl (C=O) groups is 1. The SMILES string of the molecule is O=C(NCC1(CO)CCCCC1)C(Cc1ccccn1)c1ccc(F)cc1. The van der Waals surface area contributed by atoms with Gasteiger partial charge in [-0.3, -0.25) is 9.78 Å². The van der Waals surface area contributed by atoms with E-state index in [2.05, 4.69) is 10.3 Å². The van der Waals surface area contributed by atoms with Gasteiger partial charge in [0.05, 0.1) is 12.5 Å². The highest BCUT2D eigenvalue weighted by atomic mass is 19.1. The van der Waals surface area contributed by atoms with Crippen LogP contribution >= 0.6 is 0 Å². The van der Waals surface area contributed by atoms with Gasteiger partial charge in [0.25, 0.3) is 0 Å². The van der Waals surface area contributed by atoms with Gasteiger partial charge < -0.3 is 10.4 Å². The number of nitrogens with zero attached hydrogens (tertiary/aromatic N) is 1. The number of aromatic nitrogens is 1. The predicted octanol–water partition coefficient (Wildman–Crippen LogP) is 3.61. The van der Waals surface area contributed by atoms with E-state index in [0.29, 0.717) is 13.0 Å². The molecule has 1 unspecified atom stereocenters. The van der Waals surface area contributed by atoms with E-state index in [-0.39, 0.29) is 23.7 Å². The van der Waals surface area contributed by atoms with E-state index >= 15 is 0 Å². The Hall–Kier alpha value is -2.27. The molecule has 1 amide bonds. The van der Waals surface area contributed by atoms with E-state index in [1.54, 1.807) is 18.3 Å². The normalized spacial score (nSPS) is 17.3. The second-order valence-electron chi connectivity index (χ2n) is 7.57. The van der Waals surface area contributed by atoms with Gasteiger partial charge in [0.15, 0.2) is 0 Å². The highest BCUT2D eigenvalue weighted by Crippen LogP contribution is 2.35. The zero-order valence-corrected chi connectivity index (χ0v) is 15.5. The molecule has 144 valence electrons. The Balaban J connectivity index is 1.74. The lowest BCUT2D eigenvalue weighted by Crippen LogP contribution is -2.43. The van der Waals surface area contributed by atoms with E-state index < -0.39 is 5.92 Å². The molecule has 2 aromatic rings. The van der Waals surface area contributed by atoms with Gasteiger partial charge in [0.1, 0.15) is 5.82 Å². The van der Waals surface area contributed by atoms with Crippen LogP contribution in [0.5, 0.6) is 0 Å². The molecule has 1 aliphatic rings. The topological polar surface area (TPSA) is 62.2 Å². The molecule has 0 saturated heterocycles. The number of aliphatic hydroxyl groups excluding tert-OH is 1. The molecule has 0 bridgehead atoms. The van der Waals surface area contributed by atoms with Crippen molar-refractivity contribution < 1.29 is 14.3 Å². The smallest absolute Gasteiger partial charge is 0.227 e. The number of aliphatic hydroxyl groups is 1. The van der Waals surface area contributed by atoms with Crippen molar-refractivity contribution in [2.45, 2.75) is 44.4 Å². The first-order chi connectivity index (χ1) is 13.1. The van der Waals surface area contributed by atoms with Crippen molar-refractivity contribution in [1.29, 1.82) is 0 Å². The van der Waals surface area contributed by atoms with Gasteiger partial charge in [0, 0.05) is 30.3 Å². The van der Waals surface area contributed by atoms with Gasteiger partial charge in [-0.05, 0) is 42.7 Å². The molecule has 1 aliphatic carbocycles. The molecule has 0 spiro atoms. The zero-order chi connectivity index (χ0) is 19.1. The molecule has 2 N–H and O–H groups in total. The minimum Gasteiger partial charge on any atom is -0.396 e. The molecule has 1 saturated carbocycles. The van der Waals surface area contributed by atoms with Gasteiger partial charge in [-0.1, -0.05) is 37.5 Å². The molecule has 1 aromatic carbocycles. The summed E-state index contributed by atoms with van der Waals surface area (Å²) in [6.45, 7) is 0.566. The lowest BCUT2D eigenvalue weighted by molar-refractivity contribution is -0.123. The largest absolute Gasteiger partial charge is 0.396 e. The second-order valence-corrected chi connectivity index (χ2v) is 7.57. The summed E-state index contributed by atoms with van der Waals surface area (Å²) in [7, 11) is 0. The summed E-state index contributed by atoms with van der Waals surface area (Å²) >= 11 is 0. The van der Waals surface area contributed by atoms with Crippen molar-refractivity contribution in [3.63, 3.8) is 0 Å². The van der Waals surface area contributed by atoms with Crippen LogP contribution in [0.25, 0.3) is 0 Å². The molecule has 4 nitrogen and oxygen atoms in total. The third-order valence-electron chi connectivity index (χ3n) is 5.62. The Morgan fingerprint density at radius 2 is 1.89 bits per heavy atom. The van der Waals surface area contributed by atoms with Crippen molar-refractivity contribution in [1.82, 2.24) is 10.3 Å². The fourth-order valence-corrected chi connectivity index (χ4v) is 3.88. The molecule has 1 atom stereocenters. The number of pyridine rings is 1. The first-order valence-corrected chi connectivity index (χ1v) is 9.66. The Kier molecular flexibility index (Phi) is 6.56.